The highest BCUT2D eigenvalue weighted by atomic mass is 16.2. The Hall–Kier alpha value is -1.93. The fourth-order valence-electron chi connectivity index (χ4n) is 2.26. The second-order valence-corrected chi connectivity index (χ2v) is 4.35. The summed E-state index contributed by atoms with van der Waals surface area (Å²) in [4.78, 5) is 11.2. The second-order valence-electron chi connectivity index (χ2n) is 4.35. The molecule has 0 spiro atoms. The minimum absolute atomic E-state index is 0.0849. The van der Waals surface area contributed by atoms with Gasteiger partial charge in [-0.2, -0.15) is 0 Å². The maximum Gasteiger partial charge on any atom is 0.150 e. The van der Waals surface area contributed by atoms with Crippen LogP contribution in [0.15, 0.2) is 42.5 Å². The maximum absolute atomic E-state index is 11.2. The van der Waals surface area contributed by atoms with Gasteiger partial charge in [-0.05, 0) is 36.1 Å². The molecule has 2 heteroatoms. The summed E-state index contributed by atoms with van der Waals surface area (Å²) in [6.45, 7) is 2.05. The Balaban J connectivity index is 2.66. The van der Waals surface area contributed by atoms with Gasteiger partial charge < -0.3 is 5.11 Å². The summed E-state index contributed by atoms with van der Waals surface area (Å²) in [7, 11) is 0. The van der Waals surface area contributed by atoms with E-state index in [-0.39, 0.29) is 6.61 Å². The third-order valence-electron chi connectivity index (χ3n) is 2.97. The van der Waals surface area contributed by atoms with E-state index < -0.39 is 0 Å². The van der Waals surface area contributed by atoms with Crippen LogP contribution in [0, 0.1) is 6.92 Å². The highest BCUT2D eigenvalue weighted by molar-refractivity contribution is 5.89. The van der Waals surface area contributed by atoms with Crippen LogP contribution in [0.4, 0.5) is 0 Å². The van der Waals surface area contributed by atoms with Crippen molar-refractivity contribution in [1.29, 1.82) is 0 Å². The van der Waals surface area contributed by atoms with Crippen LogP contribution < -0.4 is 0 Å². The van der Waals surface area contributed by atoms with Gasteiger partial charge >= 0.3 is 0 Å². The van der Waals surface area contributed by atoms with E-state index in [1.165, 1.54) is 0 Å². The van der Waals surface area contributed by atoms with E-state index in [1.54, 1.807) is 0 Å². The lowest BCUT2D eigenvalue weighted by Crippen LogP contribution is -1.99. The first-order valence-corrected chi connectivity index (χ1v) is 6.01. The number of aldehydes is 1. The van der Waals surface area contributed by atoms with Crippen molar-refractivity contribution in [1.82, 2.24) is 0 Å². The minimum atomic E-state index is 0.0849. The summed E-state index contributed by atoms with van der Waals surface area (Å²) in [5, 5.41) is 9.16. The molecule has 0 heterocycles. The fraction of sp³-hybridized carbons (Fsp3) is 0.188. The van der Waals surface area contributed by atoms with E-state index in [2.05, 4.69) is 0 Å². The molecule has 2 aromatic rings. The molecule has 0 bridgehead atoms. The Morgan fingerprint density at radius 3 is 2.50 bits per heavy atom. The number of aliphatic hydroxyl groups is 1. The van der Waals surface area contributed by atoms with Crippen LogP contribution in [0.1, 0.15) is 21.5 Å². The molecule has 0 radical (unpaired) electrons. The van der Waals surface area contributed by atoms with Crippen molar-refractivity contribution in [2.45, 2.75) is 13.3 Å². The normalized spacial score (nSPS) is 10.3. The van der Waals surface area contributed by atoms with Gasteiger partial charge in [0, 0.05) is 12.2 Å². The van der Waals surface area contributed by atoms with Gasteiger partial charge in [0.05, 0.1) is 0 Å². The van der Waals surface area contributed by atoms with Gasteiger partial charge in [-0.1, -0.05) is 42.0 Å². The summed E-state index contributed by atoms with van der Waals surface area (Å²) < 4.78 is 0. The van der Waals surface area contributed by atoms with Gasteiger partial charge in [0.2, 0.25) is 0 Å². The monoisotopic (exact) mass is 240 g/mol. The molecule has 0 aliphatic rings. The number of hydrogen-bond acceptors (Lipinski definition) is 2. The number of hydrogen-bond donors (Lipinski definition) is 1. The zero-order chi connectivity index (χ0) is 13.0. The fourth-order valence-corrected chi connectivity index (χ4v) is 2.26. The number of rotatable bonds is 4. The summed E-state index contributed by atoms with van der Waals surface area (Å²) >= 11 is 0. The van der Waals surface area contributed by atoms with E-state index >= 15 is 0 Å². The number of benzene rings is 2. The summed E-state index contributed by atoms with van der Waals surface area (Å²) in [5.74, 6) is 0. The molecule has 2 rings (SSSR count). The van der Waals surface area contributed by atoms with E-state index in [4.69, 9.17) is 5.11 Å². The Kier molecular flexibility index (Phi) is 3.90. The molecule has 0 aliphatic heterocycles. The van der Waals surface area contributed by atoms with Crippen molar-refractivity contribution in [3.63, 3.8) is 0 Å². The Labute approximate surface area is 107 Å². The molecule has 0 aliphatic carbocycles. The molecule has 0 aromatic heterocycles. The molecule has 92 valence electrons. The van der Waals surface area contributed by atoms with Crippen molar-refractivity contribution >= 4 is 6.29 Å². The van der Waals surface area contributed by atoms with Crippen molar-refractivity contribution in [2.24, 2.45) is 0 Å². The quantitative estimate of drug-likeness (QED) is 0.834. The van der Waals surface area contributed by atoms with Crippen LogP contribution >= 0.6 is 0 Å². The highest BCUT2D eigenvalue weighted by Gasteiger charge is 2.11. The third kappa shape index (κ3) is 2.49. The molecule has 0 unspecified atom stereocenters. The average molecular weight is 240 g/mol. The van der Waals surface area contributed by atoms with Crippen molar-refractivity contribution < 1.29 is 9.90 Å². The SMILES string of the molecule is Cc1cc(C=O)c(-c2ccccc2)c(CCO)c1. The zero-order valence-corrected chi connectivity index (χ0v) is 10.4. The van der Waals surface area contributed by atoms with Gasteiger partial charge in [0.1, 0.15) is 0 Å². The van der Waals surface area contributed by atoms with Crippen LogP contribution in [-0.2, 0) is 6.42 Å². The van der Waals surface area contributed by atoms with Crippen molar-refractivity contribution in [3.8, 4) is 11.1 Å². The Morgan fingerprint density at radius 2 is 1.89 bits per heavy atom. The molecular formula is C16H16O2. The first-order valence-electron chi connectivity index (χ1n) is 6.01. The van der Waals surface area contributed by atoms with E-state index in [0.717, 1.165) is 28.5 Å². The third-order valence-corrected chi connectivity index (χ3v) is 2.97. The number of aryl methyl sites for hydroxylation is 1. The molecule has 1 N–H and O–H groups in total. The first-order chi connectivity index (χ1) is 8.76. The van der Waals surface area contributed by atoms with Gasteiger partial charge in [0.25, 0.3) is 0 Å². The smallest absolute Gasteiger partial charge is 0.150 e. The van der Waals surface area contributed by atoms with Gasteiger partial charge in [0.15, 0.2) is 6.29 Å². The lowest BCUT2D eigenvalue weighted by atomic mass is 9.91. The van der Waals surface area contributed by atoms with Crippen LogP contribution in [0.2, 0.25) is 0 Å². The molecule has 0 fully saturated rings. The maximum atomic E-state index is 11.2. The van der Waals surface area contributed by atoms with E-state index in [9.17, 15) is 4.79 Å². The van der Waals surface area contributed by atoms with Gasteiger partial charge in [-0.3, -0.25) is 4.79 Å². The predicted octanol–water partition coefficient (Wildman–Crippen LogP) is 3.01. The van der Waals surface area contributed by atoms with E-state index in [1.807, 2.05) is 49.4 Å². The summed E-state index contributed by atoms with van der Waals surface area (Å²) in [6, 6.07) is 13.7. The number of carbonyl (C=O) groups excluding carboxylic acids is 1. The predicted molar refractivity (Wildman–Crippen MR) is 72.8 cm³/mol. The Morgan fingerprint density at radius 1 is 1.17 bits per heavy atom. The second kappa shape index (κ2) is 5.61. The van der Waals surface area contributed by atoms with Crippen LogP contribution in [0.25, 0.3) is 11.1 Å². The van der Waals surface area contributed by atoms with Crippen LogP contribution in [0.3, 0.4) is 0 Å². The van der Waals surface area contributed by atoms with Gasteiger partial charge in [-0.15, -0.1) is 0 Å². The van der Waals surface area contributed by atoms with Crippen LogP contribution in [0.5, 0.6) is 0 Å². The Bertz CT molecular complexity index is 545. The highest BCUT2D eigenvalue weighted by Crippen LogP contribution is 2.28. The molecule has 0 saturated heterocycles. The number of carbonyl (C=O) groups is 1. The molecule has 2 aromatic carbocycles. The number of aliphatic hydroxyl groups excluding tert-OH is 1. The lowest BCUT2D eigenvalue weighted by Gasteiger charge is -2.13. The molecule has 18 heavy (non-hydrogen) atoms. The molecule has 0 atom stereocenters. The van der Waals surface area contributed by atoms with Gasteiger partial charge in [-0.25, -0.2) is 0 Å². The molecule has 2 nitrogen and oxygen atoms in total. The summed E-state index contributed by atoms with van der Waals surface area (Å²) in [6.07, 6.45) is 1.45. The van der Waals surface area contributed by atoms with Crippen LogP contribution in [-0.4, -0.2) is 18.0 Å². The minimum Gasteiger partial charge on any atom is -0.396 e. The topological polar surface area (TPSA) is 37.3 Å². The lowest BCUT2D eigenvalue weighted by molar-refractivity contribution is 0.112. The average Bonchev–Trinajstić information content (AvgIpc) is 2.39. The summed E-state index contributed by atoms with van der Waals surface area (Å²) in [5.41, 5.74) is 4.70. The first kappa shape index (κ1) is 12.5. The van der Waals surface area contributed by atoms with Crippen molar-refractivity contribution in [2.75, 3.05) is 6.61 Å². The van der Waals surface area contributed by atoms with E-state index in [0.29, 0.717) is 12.0 Å². The molecular weight excluding hydrogens is 224 g/mol. The largest absolute Gasteiger partial charge is 0.396 e. The molecule has 0 saturated carbocycles. The molecule has 0 amide bonds. The standard InChI is InChI=1S/C16H16O2/c1-12-9-14(7-8-17)16(15(10-12)11-18)13-5-3-2-4-6-13/h2-6,9-11,17H,7-8H2,1H3. The zero-order valence-electron chi connectivity index (χ0n) is 10.4. The van der Waals surface area contributed by atoms with Crippen molar-refractivity contribution in [3.05, 3.63) is 59.2 Å².